The fraction of sp³-hybridized carbons (Fsp3) is 0.700. The Morgan fingerprint density at radius 1 is 0.972 bits per heavy atom. The molecule has 0 spiro atoms. The zero-order valence-electron chi connectivity index (χ0n) is 22.9. The minimum absolute atomic E-state index is 0.418. The average molecular weight is 495 g/mol. The van der Waals surface area contributed by atoms with E-state index in [0.717, 1.165) is 18.5 Å². The first-order chi connectivity index (χ1) is 17.3. The van der Waals surface area contributed by atoms with E-state index in [9.17, 15) is 4.79 Å². The summed E-state index contributed by atoms with van der Waals surface area (Å²) in [6, 6.07) is 7.47. The van der Waals surface area contributed by atoms with Crippen LogP contribution in [0.3, 0.4) is 0 Å². The van der Waals surface area contributed by atoms with Crippen LogP contribution in [0.15, 0.2) is 24.4 Å². The molecule has 1 aromatic heterocycles. The fourth-order valence-corrected chi connectivity index (χ4v) is 6.97. The molecule has 1 saturated carbocycles. The number of ether oxygens (including phenoxy) is 1. The molecule has 36 heavy (non-hydrogen) atoms. The van der Waals surface area contributed by atoms with Gasteiger partial charge in [0.05, 0.1) is 0 Å². The van der Waals surface area contributed by atoms with E-state index in [4.69, 9.17) is 4.74 Å². The molecule has 1 N–H and O–H groups in total. The molecule has 0 radical (unpaired) electrons. The van der Waals surface area contributed by atoms with Gasteiger partial charge in [0.25, 0.3) is 0 Å². The van der Waals surface area contributed by atoms with Gasteiger partial charge in [0.1, 0.15) is 5.75 Å². The van der Waals surface area contributed by atoms with Gasteiger partial charge in [-0.3, -0.25) is 4.90 Å². The Kier molecular flexibility index (Phi) is 7.64. The average Bonchev–Trinajstić information content (AvgIpc) is 3.52. The first-order valence-electron chi connectivity index (χ1n) is 14.3. The monoisotopic (exact) mass is 494 g/mol. The zero-order valence-corrected chi connectivity index (χ0v) is 22.9. The lowest BCUT2D eigenvalue weighted by Crippen LogP contribution is -2.44. The van der Waals surface area contributed by atoms with Crippen LogP contribution in [0.25, 0.3) is 10.9 Å². The van der Waals surface area contributed by atoms with Gasteiger partial charge < -0.3 is 19.5 Å². The number of carbonyl (C=O) groups is 1. The van der Waals surface area contributed by atoms with Crippen molar-refractivity contribution in [2.24, 2.45) is 11.3 Å². The number of benzene rings is 1. The van der Waals surface area contributed by atoms with Crippen molar-refractivity contribution in [3.8, 4) is 5.75 Å². The molecule has 2 aromatic rings. The third-order valence-corrected chi connectivity index (χ3v) is 9.22. The number of nitrogens with one attached hydrogen (secondary N) is 1. The Labute approximate surface area is 217 Å². The number of nitrogens with zero attached hydrogens (tertiary/aromatic N) is 3. The number of rotatable bonds is 5. The van der Waals surface area contributed by atoms with Crippen LogP contribution in [0.2, 0.25) is 0 Å². The van der Waals surface area contributed by atoms with Crippen LogP contribution in [0.5, 0.6) is 5.75 Å². The van der Waals surface area contributed by atoms with Gasteiger partial charge in [-0.25, -0.2) is 4.79 Å². The maximum absolute atomic E-state index is 11.8. The molecule has 6 nitrogen and oxygen atoms in total. The van der Waals surface area contributed by atoms with E-state index >= 15 is 0 Å². The Morgan fingerprint density at radius 2 is 1.67 bits per heavy atom. The maximum atomic E-state index is 11.8. The molecule has 0 atom stereocenters. The number of hydrogen-bond donors (Lipinski definition) is 1. The molecule has 2 saturated heterocycles. The molecule has 1 amide bonds. The van der Waals surface area contributed by atoms with E-state index in [0.29, 0.717) is 17.2 Å². The van der Waals surface area contributed by atoms with E-state index in [1.165, 1.54) is 94.0 Å². The van der Waals surface area contributed by atoms with Gasteiger partial charge in [-0.1, -0.05) is 20.8 Å². The normalized spacial score (nSPS) is 24.9. The number of likely N-dealkylation sites (tertiary alicyclic amines) is 2. The number of aromatic nitrogens is 1. The van der Waals surface area contributed by atoms with Crippen molar-refractivity contribution >= 4 is 17.0 Å². The second kappa shape index (κ2) is 10.7. The van der Waals surface area contributed by atoms with Crippen LogP contribution < -0.4 is 10.1 Å². The van der Waals surface area contributed by atoms with Crippen LogP contribution in [0.1, 0.15) is 83.7 Å². The van der Waals surface area contributed by atoms with E-state index in [1.54, 1.807) is 7.05 Å². The van der Waals surface area contributed by atoms with Crippen LogP contribution in [0.4, 0.5) is 4.79 Å². The topological polar surface area (TPSA) is 49.7 Å². The standard InChI is InChI=1S/C30H46N4O2/c1-30(2,3)23-7-9-24(10-8-23)33-17-13-25(14-18-33)34-21-22(20-32-15-5-6-16-32)27-19-26(11-12-28(27)34)36-29(35)31-4/h11-12,19,21,23-25H,5-10,13-18,20H2,1-4H3,(H,31,35). The minimum Gasteiger partial charge on any atom is -0.410 e. The van der Waals surface area contributed by atoms with Crippen molar-refractivity contribution in [3.05, 3.63) is 30.0 Å². The number of amides is 1. The van der Waals surface area contributed by atoms with Gasteiger partial charge in [-0.05, 0) is 99.6 Å². The largest absolute Gasteiger partial charge is 0.412 e. The molecule has 1 aromatic carbocycles. The molecule has 198 valence electrons. The molecule has 6 heteroatoms. The van der Waals surface area contributed by atoms with E-state index < -0.39 is 6.09 Å². The number of carbonyl (C=O) groups excluding carboxylic acids is 1. The fourth-order valence-electron chi connectivity index (χ4n) is 6.97. The minimum atomic E-state index is -0.418. The lowest BCUT2D eigenvalue weighted by Gasteiger charge is -2.43. The van der Waals surface area contributed by atoms with Gasteiger partial charge in [0.2, 0.25) is 0 Å². The van der Waals surface area contributed by atoms with Gasteiger partial charge in [0, 0.05) is 55.9 Å². The molecule has 2 aliphatic heterocycles. The maximum Gasteiger partial charge on any atom is 0.412 e. The molecule has 0 unspecified atom stereocenters. The zero-order chi connectivity index (χ0) is 25.3. The van der Waals surface area contributed by atoms with E-state index in [1.807, 2.05) is 6.07 Å². The van der Waals surface area contributed by atoms with Gasteiger partial charge >= 0.3 is 6.09 Å². The highest BCUT2D eigenvalue weighted by Gasteiger charge is 2.33. The smallest absolute Gasteiger partial charge is 0.410 e. The predicted octanol–water partition coefficient (Wildman–Crippen LogP) is 6.20. The van der Waals surface area contributed by atoms with Crippen LogP contribution in [-0.2, 0) is 6.54 Å². The summed E-state index contributed by atoms with van der Waals surface area (Å²) in [6.45, 7) is 13.0. The Bertz CT molecular complexity index is 1030. The third kappa shape index (κ3) is 5.60. The third-order valence-electron chi connectivity index (χ3n) is 9.22. The summed E-state index contributed by atoms with van der Waals surface area (Å²) in [5.41, 5.74) is 3.08. The van der Waals surface area contributed by atoms with Gasteiger partial charge in [-0.15, -0.1) is 0 Å². The van der Waals surface area contributed by atoms with Crippen molar-refractivity contribution in [2.75, 3.05) is 33.2 Å². The molecular formula is C30H46N4O2. The molecule has 3 fully saturated rings. The van der Waals surface area contributed by atoms with E-state index in [2.05, 4.69) is 58.8 Å². The van der Waals surface area contributed by atoms with Crippen molar-refractivity contribution in [1.29, 1.82) is 0 Å². The van der Waals surface area contributed by atoms with Crippen molar-refractivity contribution in [3.63, 3.8) is 0 Å². The van der Waals surface area contributed by atoms with Crippen LogP contribution in [0, 0.1) is 11.3 Å². The van der Waals surface area contributed by atoms with Crippen molar-refractivity contribution < 1.29 is 9.53 Å². The van der Waals surface area contributed by atoms with E-state index in [-0.39, 0.29) is 0 Å². The number of hydrogen-bond acceptors (Lipinski definition) is 4. The van der Waals surface area contributed by atoms with Crippen molar-refractivity contribution in [1.82, 2.24) is 19.7 Å². The molecule has 1 aliphatic carbocycles. The summed E-state index contributed by atoms with van der Waals surface area (Å²) in [5, 5.41) is 3.78. The quantitative estimate of drug-likeness (QED) is 0.538. The lowest BCUT2D eigenvalue weighted by atomic mass is 9.71. The molecule has 3 aliphatic rings. The van der Waals surface area contributed by atoms with Gasteiger partial charge in [-0.2, -0.15) is 0 Å². The highest BCUT2D eigenvalue weighted by atomic mass is 16.5. The second-order valence-electron chi connectivity index (χ2n) is 12.5. The Balaban J connectivity index is 1.29. The Morgan fingerprint density at radius 3 is 2.31 bits per heavy atom. The molecular weight excluding hydrogens is 448 g/mol. The summed E-state index contributed by atoms with van der Waals surface area (Å²) in [4.78, 5) is 17.2. The predicted molar refractivity (Wildman–Crippen MR) is 147 cm³/mol. The first kappa shape index (κ1) is 25.6. The number of fused-ring (bicyclic) bond motifs is 1. The Hall–Kier alpha value is -2.05. The summed E-state index contributed by atoms with van der Waals surface area (Å²) in [6.07, 6.45) is 12.5. The first-order valence-corrected chi connectivity index (χ1v) is 14.3. The molecule has 0 bridgehead atoms. The van der Waals surface area contributed by atoms with Crippen LogP contribution in [-0.4, -0.2) is 59.7 Å². The summed E-state index contributed by atoms with van der Waals surface area (Å²) < 4.78 is 8.02. The highest BCUT2D eigenvalue weighted by Crippen LogP contribution is 2.40. The SMILES string of the molecule is CNC(=O)Oc1ccc2c(c1)c(CN1CCCC1)cn2C1CCN(C2CCC(C(C)(C)C)CC2)CC1. The summed E-state index contributed by atoms with van der Waals surface area (Å²) in [7, 11) is 1.60. The second-order valence-corrected chi connectivity index (χ2v) is 12.5. The molecule has 3 heterocycles. The summed E-state index contributed by atoms with van der Waals surface area (Å²) >= 11 is 0. The van der Waals surface area contributed by atoms with Crippen molar-refractivity contribution in [2.45, 2.75) is 90.8 Å². The summed E-state index contributed by atoms with van der Waals surface area (Å²) in [5.74, 6) is 1.49. The van der Waals surface area contributed by atoms with Gasteiger partial charge in [0.15, 0.2) is 0 Å². The molecule has 5 rings (SSSR count). The van der Waals surface area contributed by atoms with Crippen LogP contribution >= 0.6 is 0 Å². The highest BCUT2D eigenvalue weighted by molar-refractivity contribution is 5.86. The lowest BCUT2D eigenvalue weighted by molar-refractivity contribution is 0.0723. The number of piperidine rings is 1.